The molecule has 1 N–H and O–H groups in total. The third-order valence-electron chi connectivity index (χ3n) is 5.43. The maximum Gasteiger partial charge on any atom is 0.138 e. The van der Waals surface area contributed by atoms with E-state index in [9.17, 15) is 5.11 Å². The van der Waals surface area contributed by atoms with Crippen LogP contribution in [0.5, 0.6) is 5.75 Å². The van der Waals surface area contributed by atoms with Crippen molar-refractivity contribution in [3.8, 4) is 5.75 Å². The molecule has 1 atom stereocenters. The van der Waals surface area contributed by atoms with Crippen LogP contribution in [0.1, 0.15) is 42.9 Å². The highest BCUT2D eigenvalue weighted by atomic mass is 35.5. The Morgan fingerprint density at radius 3 is 2.56 bits per heavy atom. The maximum atomic E-state index is 11.0. The van der Waals surface area contributed by atoms with Gasteiger partial charge in [0.05, 0.1) is 10.6 Å². The second kappa shape index (κ2) is 9.09. The zero-order valence-corrected chi connectivity index (χ0v) is 17.1. The average Bonchev–Trinajstić information content (AvgIpc) is 2.85. The number of likely N-dealkylation sites (tertiary alicyclic amines) is 1. The largest absolute Gasteiger partial charge is 0.489 e. The molecule has 1 aliphatic heterocycles. The standard InChI is InChI=1S/C23H30ClNO2/c1-3-19-6-8-20(9-7-19)16-25-13-4-11-23(26,12-14-25)17-27-22-15-18(2)5-10-21(22)24/h5-10,15,26H,3-4,11-14,16-17H2,1-2H3. The summed E-state index contributed by atoms with van der Waals surface area (Å²) in [7, 11) is 0. The first-order valence-electron chi connectivity index (χ1n) is 9.89. The maximum absolute atomic E-state index is 11.0. The van der Waals surface area contributed by atoms with E-state index in [2.05, 4.69) is 36.1 Å². The highest BCUT2D eigenvalue weighted by Gasteiger charge is 2.31. The lowest BCUT2D eigenvalue weighted by Crippen LogP contribution is -2.37. The van der Waals surface area contributed by atoms with Crippen LogP contribution in [0.3, 0.4) is 0 Å². The van der Waals surface area contributed by atoms with E-state index in [1.165, 1.54) is 11.1 Å². The molecule has 1 saturated heterocycles. The average molecular weight is 388 g/mol. The third-order valence-corrected chi connectivity index (χ3v) is 5.74. The van der Waals surface area contributed by atoms with Gasteiger partial charge < -0.3 is 9.84 Å². The Labute approximate surface area is 167 Å². The Balaban J connectivity index is 1.55. The van der Waals surface area contributed by atoms with Crippen molar-refractivity contribution in [3.63, 3.8) is 0 Å². The SMILES string of the molecule is CCc1ccc(CN2CCCC(O)(COc3cc(C)ccc3Cl)CC2)cc1. The summed E-state index contributed by atoms with van der Waals surface area (Å²) >= 11 is 6.21. The summed E-state index contributed by atoms with van der Waals surface area (Å²) < 4.78 is 5.89. The van der Waals surface area contributed by atoms with E-state index >= 15 is 0 Å². The molecular weight excluding hydrogens is 358 g/mol. The van der Waals surface area contributed by atoms with Crippen LogP contribution in [0.15, 0.2) is 42.5 Å². The monoisotopic (exact) mass is 387 g/mol. The van der Waals surface area contributed by atoms with Crippen molar-refractivity contribution in [3.05, 3.63) is 64.2 Å². The van der Waals surface area contributed by atoms with Crippen LogP contribution >= 0.6 is 11.6 Å². The molecule has 2 aromatic carbocycles. The molecule has 3 nitrogen and oxygen atoms in total. The molecule has 0 aromatic heterocycles. The molecule has 3 rings (SSSR count). The van der Waals surface area contributed by atoms with Crippen molar-refractivity contribution in [2.75, 3.05) is 19.7 Å². The number of benzene rings is 2. The Hall–Kier alpha value is -1.55. The molecule has 27 heavy (non-hydrogen) atoms. The lowest BCUT2D eigenvalue weighted by Gasteiger charge is -2.27. The summed E-state index contributed by atoms with van der Waals surface area (Å²) in [4.78, 5) is 2.43. The third kappa shape index (κ3) is 5.71. The first-order chi connectivity index (χ1) is 13.0. The molecule has 0 bridgehead atoms. The number of hydrogen-bond donors (Lipinski definition) is 1. The summed E-state index contributed by atoms with van der Waals surface area (Å²) in [6, 6.07) is 14.6. The molecule has 2 aromatic rings. The topological polar surface area (TPSA) is 32.7 Å². The van der Waals surface area contributed by atoms with Gasteiger partial charge in [0, 0.05) is 13.1 Å². The van der Waals surface area contributed by atoms with Crippen molar-refractivity contribution in [1.82, 2.24) is 4.90 Å². The van der Waals surface area contributed by atoms with E-state index in [4.69, 9.17) is 16.3 Å². The normalized spacial score (nSPS) is 21.0. The first-order valence-corrected chi connectivity index (χ1v) is 10.3. The number of ether oxygens (including phenoxy) is 1. The van der Waals surface area contributed by atoms with Crippen LogP contribution in [-0.4, -0.2) is 35.3 Å². The van der Waals surface area contributed by atoms with E-state index < -0.39 is 5.60 Å². The lowest BCUT2D eigenvalue weighted by molar-refractivity contribution is -0.0168. The molecule has 1 fully saturated rings. The molecule has 0 aliphatic carbocycles. The van der Waals surface area contributed by atoms with Crippen molar-refractivity contribution in [2.24, 2.45) is 0 Å². The van der Waals surface area contributed by atoms with Crippen molar-refractivity contribution in [1.29, 1.82) is 0 Å². The fourth-order valence-corrected chi connectivity index (χ4v) is 3.78. The molecule has 0 radical (unpaired) electrons. The number of aryl methyl sites for hydroxylation is 2. The van der Waals surface area contributed by atoms with Crippen molar-refractivity contribution >= 4 is 11.6 Å². The minimum atomic E-state index is -0.798. The van der Waals surface area contributed by atoms with Gasteiger partial charge in [-0.3, -0.25) is 4.90 Å². The van der Waals surface area contributed by atoms with Gasteiger partial charge in [-0.2, -0.15) is 0 Å². The Kier molecular flexibility index (Phi) is 6.80. The van der Waals surface area contributed by atoms with Crippen LogP contribution in [0.25, 0.3) is 0 Å². The van der Waals surface area contributed by atoms with Gasteiger partial charge in [-0.1, -0.05) is 48.9 Å². The van der Waals surface area contributed by atoms with Crippen LogP contribution in [0.4, 0.5) is 0 Å². The Bertz CT molecular complexity index is 747. The zero-order valence-electron chi connectivity index (χ0n) is 16.4. The molecule has 146 valence electrons. The van der Waals surface area contributed by atoms with Gasteiger partial charge >= 0.3 is 0 Å². The predicted molar refractivity (Wildman–Crippen MR) is 112 cm³/mol. The van der Waals surface area contributed by atoms with E-state index in [-0.39, 0.29) is 6.61 Å². The molecular formula is C23H30ClNO2. The van der Waals surface area contributed by atoms with Gasteiger partial charge in [0.15, 0.2) is 0 Å². The van der Waals surface area contributed by atoms with Crippen LogP contribution in [0.2, 0.25) is 5.02 Å². The number of rotatable bonds is 6. The van der Waals surface area contributed by atoms with Crippen LogP contribution in [0, 0.1) is 6.92 Å². The highest BCUT2D eigenvalue weighted by molar-refractivity contribution is 6.32. The quantitative estimate of drug-likeness (QED) is 0.756. The first kappa shape index (κ1) is 20.2. The molecule has 1 heterocycles. The minimum Gasteiger partial charge on any atom is -0.489 e. The van der Waals surface area contributed by atoms with E-state index in [0.29, 0.717) is 17.2 Å². The van der Waals surface area contributed by atoms with Gasteiger partial charge in [-0.05, 0) is 68.0 Å². The summed E-state index contributed by atoms with van der Waals surface area (Å²) in [5, 5.41) is 11.6. The minimum absolute atomic E-state index is 0.287. The van der Waals surface area contributed by atoms with Crippen molar-refractivity contribution in [2.45, 2.75) is 51.7 Å². The summed E-state index contributed by atoms with van der Waals surface area (Å²) in [6.07, 6.45) is 3.50. The van der Waals surface area contributed by atoms with E-state index in [0.717, 1.165) is 44.5 Å². The fourth-order valence-electron chi connectivity index (χ4n) is 3.61. The van der Waals surface area contributed by atoms with Crippen molar-refractivity contribution < 1.29 is 9.84 Å². The zero-order chi connectivity index (χ0) is 19.3. The molecule has 1 aliphatic rings. The number of hydrogen-bond acceptors (Lipinski definition) is 3. The highest BCUT2D eigenvalue weighted by Crippen LogP contribution is 2.29. The van der Waals surface area contributed by atoms with E-state index in [1.54, 1.807) is 0 Å². The van der Waals surface area contributed by atoms with Gasteiger partial charge in [0.1, 0.15) is 12.4 Å². The predicted octanol–water partition coefficient (Wildman–Crippen LogP) is 5.01. The second-order valence-corrected chi connectivity index (χ2v) is 8.15. The van der Waals surface area contributed by atoms with Gasteiger partial charge in [-0.15, -0.1) is 0 Å². The van der Waals surface area contributed by atoms with E-state index in [1.807, 2.05) is 25.1 Å². The molecule has 0 saturated carbocycles. The Morgan fingerprint density at radius 2 is 1.81 bits per heavy atom. The van der Waals surface area contributed by atoms with Crippen LogP contribution in [-0.2, 0) is 13.0 Å². The second-order valence-electron chi connectivity index (χ2n) is 7.75. The summed E-state index contributed by atoms with van der Waals surface area (Å²) in [6.45, 7) is 7.28. The van der Waals surface area contributed by atoms with Gasteiger partial charge in [-0.25, -0.2) is 0 Å². The van der Waals surface area contributed by atoms with Gasteiger partial charge in [0.25, 0.3) is 0 Å². The number of aliphatic hydroxyl groups is 1. The summed E-state index contributed by atoms with van der Waals surface area (Å²) in [5.41, 5.74) is 3.01. The molecule has 0 amide bonds. The smallest absolute Gasteiger partial charge is 0.138 e. The summed E-state index contributed by atoms with van der Waals surface area (Å²) in [5.74, 6) is 0.655. The molecule has 4 heteroatoms. The fraction of sp³-hybridized carbons (Fsp3) is 0.478. The molecule has 0 spiro atoms. The number of nitrogens with zero attached hydrogens (tertiary/aromatic N) is 1. The molecule has 1 unspecified atom stereocenters. The number of halogens is 1. The van der Waals surface area contributed by atoms with Gasteiger partial charge in [0.2, 0.25) is 0 Å². The lowest BCUT2D eigenvalue weighted by atomic mass is 9.96. The van der Waals surface area contributed by atoms with Crippen LogP contribution < -0.4 is 4.74 Å². The Morgan fingerprint density at radius 1 is 1.07 bits per heavy atom.